The van der Waals surface area contributed by atoms with Crippen LogP contribution in [0.4, 0.5) is 10.1 Å². The maximum Gasteiger partial charge on any atom is 0.295 e. The molecule has 0 bridgehead atoms. The molecule has 0 unspecified atom stereocenters. The lowest BCUT2D eigenvalue weighted by Gasteiger charge is -2.29. The molecule has 2 aromatic carbocycles. The highest BCUT2D eigenvalue weighted by atomic mass is 19.1. The maximum absolute atomic E-state index is 13.4. The number of carbonyl (C=O) groups excluding carboxylic acids is 2. The second-order valence-corrected chi connectivity index (χ2v) is 7.18. The van der Waals surface area contributed by atoms with Crippen molar-refractivity contribution >= 4 is 17.5 Å². The van der Waals surface area contributed by atoms with E-state index in [-0.39, 0.29) is 18.1 Å². The van der Waals surface area contributed by atoms with Gasteiger partial charge >= 0.3 is 0 Å². The van der Waals surface area contributed by atoms with E-state index >= 15 is 0 Å². The molecular formula is C25H21FN2O4. The topological polar surface area (TPSA) is 75.7 Å². The van der Waals surface area contributed by atoms with Crippen molar-refractivity contribution in [1.82, 2.24) is 5.32 Å². The molecule has 4 rings (SSSR count). The molecule has 0 saturated carbocycles. The average Bonchev–Trinajstić information content (AvgIpc) is 3.49. The first-order valence-corrected chi connectivity index (χ1v) is 10.0. The quantitative estimate of drug-likeness (QED) is 0.445. The number of aryl methyl sites for hydroxylation is 1. The van der Waals surface area contributed by atoms with Crippen molar-refractivity contribution in [2.24, 2.45) is 0 Å². The Morgan fingerprint density at radius 2 is 1.72 bits per heavy atom. The molecule has 0 aliphatic carbocycles. The zero-order chi connectivity index (χ0) is 22.5. The molecule has 32 heavy (non-hydrogen) atoms. The number of halogens is 1. The summed E-state index contributed by atoms with van der Waals surface area (Å²) in [5, 5.41) is 2.83. The van der Waals surface area contributed by atoms with Crippen LogP contribution in [-0.4, -0.2) is 11.8 Å². The van der Waals surface area contributed by atoms with Crippen molar-refractivity contribution in [1.29, 1.82) is 0 Å². The summed E-state index contributed by atoms with van der Waals surface area (Å²) in [7, 11) is 0. The van der Waals surface area contributed by atoms with Crippen molar-refractivity contribution in [3.05, 3.63) is 114 Å². The number of furan rings is 2. The summed E-state index contributed by atoms with van der Waals surface area (Å²) in [5.74, 6) is -0.293. The molecule has 6 nitrogen and oxygen atoms in total. The minimum absolute atomic E-state index is 0.0912. The summed E-state index contributed by atoms with van der Waals surface area (Å²) >= 11 is 0. The van der Waals surface area contributed by atoms with Crippen LogP contribution >= 0.6 is 0 Å². The Hall–Kier alpha value is -4.13. The third kappa shape index (κ3) is 4.62. The molecule has 0 radical (unpaired) electrons. The van der Waals surface area contributed by atoms with Crippen LogP contribution in [0.15, 0.2) is 94.0 Å². The average molecular weight is 432 g/mol. The van der Waals surface area contributed by atoms with E-state index in [9.17, 15) is 14.0 Å². The second kappa shape index (κ2) is 9.34. The van der Waals surface area contributed by atoms with Gasteiger partial charge in [0.15, 0.2) is 11.8 Å². The Kier molecular flexibility index (Phi) is 6.17. The molecule has 0 fully saturated rings. The van der Waals surface area contributed by atoms with Gasteiger partial charge in [0.25, 0.3) is 11.8 Å². The lowest BCUT2D eigenvalue weighted by molar-refractivity contribution is -0.123. The van der Waals surface area contributed by atoms with Crippen molar-refractivity contribution in [3.63, 3.8) is 0 Å². The molecule has 0 aliphatic heterocycles. The van der Waals surface area contributed by atoms with Crippen LogP contribution in [0.1, 0.15) is 33.7 Å². The van der Waals surface area contributed by atoms with Gasteiger partial charge in [0.05, 0.1) is 6.26 Å². The molecule has 0 saturated heterocycles. The Labute approximate surface area is 184 Å². The van der Waals surface area contributed by atoms with Crippen molar-refractivity contribution in [3.8, 4) is 0 Å². The first-order chi connectivity index (χ1) is 15.5. The maximum atomic E-state index is 13.4. The number of amides is 2. The molecule has 0 spiro atoms. The molecule has 4 aromatic rings. The number of nitrogens with one attached hydrogen (secondary N) is 1. The van der Waals surface area contributed by atoms with Crippen molar-refractivity contribution in [2.45, 2.75) is 19.5 Å². The van der Waals surface area contributed by atoms with Gasteiger partial charge in [0, 0.05) is 12.2 Å². The van der Waals surface area contributed by atoms with Crippen LogP contribution in [0.5, 0.6) is 0 Å². The Balaban J connectivity index is 1.71. The highest BCUT2D eigenvalue weighted by Gasteiger charge is 2.36. The van der Waals surface area contributed by atoms with E-state index in [1.165, 1.54) is 23.3 Å². The van der Waals surface area contributed by atoms with Gasteiger partial charge in [-0.3, -0.25) is 14.5 Å². The van der Waals surface area contributed by atoms with E-state index in [0.29, 0.717) is 17.2 Å². The normalized spacial score (nSPS) is 11.7. The van der Waals surface area contributed by atoms with Gasteiger partial charge in [-0.15, -0.1) is 0 Å². The van der Waals surface area contributed by atoms with Gasteiger partial charge in [-0.2, -0.15) is 0 Å². The zero-order valence-electron chi connectivity index (χ0n) is 17.3. The number of benzene rings is 2. The third-order valence-electron chi connectivity index (χ3n) is 4.90. The van der Waals surface area contributed by atoms with E-state index in [4.69, 9.17) is 8.83 Å². The van der Waals surface area contributed by atoms with Crippen LogP contribution in [0, 0.1) is 12.7 Å². The summed E-state index contributed by atoms with van der Waals surface area (Å²) in [4.78, 5) is 28.2. The van der Waals surface area contributed by atoms with E-state index in [0.717, 1.165) is 5.56 Å². The molecule has 2 amide bonds. The van der Waals surface area contributed by atoms with Gasteiger partial charge in [0.1, 0.15) is 17.3 Å². The Bertz CT molecular complexity index is 1180. The molecule has 1 atom stereocenters. The largest absolute Gasteiger partial charge is 0.464 e. The predicted octanol–water partition coefficient (Wildman–Crippen LogP) is 5.02. The molecule has 7 heteroatoms. The minimum atomic E-state index is -1.09. The lowest BCUT2D eigenvalue weighted by atomic mass is 10.1. The van der Waals surface area contributed by atoms with Gasteiger partial charge in [-0.1, -0.05) is 30.3 Å². The fourth-order valence-electron chi connectivity index (χ4n) is 3.35. The van der Waals surface area contributed by atoms with Gasteiger partial charge < -0.3 is 14.2 Å². The monoisotopic (exact) mass is 432 g/mol. The highest BCUT2D eigenvalue weighted by molar-refractivity contribution is 6.08. The number of hydrogen-bond acceptors (Lipinski definition) is 4. The third-order valence-corrected chi connectivity index (χ3v) is 4.90. The number of rotatable bonds is 7. The first-order valence-electron chi connectivity index (χ1n) is 10.0. The predicted molar refractivity (Wildman–Crippen MR) is 116 cm³/mol. The smallest absolute Gasteiger partial charge is 0.295 e. The fourth-order valence-corrected chi connectivity index (χ4v) is 3.35. The molecular weight excluding hydrogens is 411 g/mol. The van der Waals surface area contributed by atoms with Crippen LogP contribution in [0.3, 0.4) is 0 Å². The summed E-state index contributed by atoms with van der Waals surface area (Å²) in [5.41, 5.74) is 1.22. The lowest BCUT2D eigenvalue weighted by Crippen LogP contribution is -2.43. The SMILES string of the molecule is Cc1ccc([C@H](C(=O)NCc2ccc(F)cc2)N(C(=O)c2ccco2)c2ccccc2)o1. The Morgan fingerprint density at radius 1 is 0.969 bits per heavy atom. The summed E-state index contributed by atoms with van der Waals surface area (Å²) < 4.78 is 24.3. The second-order valence-electron chi connectivity index (χ2n) is 7.18. The molecule has 2 aromatic heterocycles. The summed E-state index contributed by atoms with van der Waals surface area (Å²) in [6.45, 7) is 1.92. The fraction of sp³-hybridized carbons (Fsp3) is 0.120. The van der Waals surface area contributed by atoms with E-state index in [1.54, 1.807) is 67.6 Å². The van der Waals surface area contributed by atoms with E-state index in [1.807, 2.05) is 6.07 Å². The van der Waals surface area contributed by atoms with Crippen molar-refractivity contribution in [2.75, 3.05) is 4.90 Å². The molecule has 2 heterocycles. The van der Waals surface area contributed by atoms with E-state index in [2.05, 4.69) is 5.32 Å². The van der Waals surface area contributed by atoms with E-state index < -0.39 is 17.9 Å². The number of para-hydroxylation sites is 1. The molecule has 162 valence electrons. The number of nitrogens with zero attached hydrogens (tertiary/aromatic N) is 1. The van der Waals surface area contributed by atoms with Crippen molar-refractivity contribution < 1.29 is 22.8 Å². The van der Waals surface area contributed by atoms with Crippen LogP contribution in [-0.2, 0) is 11.3 Å². The molecule has 1 N–H and O–H groups in total. The van der Waals surface area contributed by atoms with Gasteiger partial charge in [-0.25, -0.2) is 4.39 Å². The Morgan fingerprint density at radius 3 is 2.34 bits per heavy atom. The van der Waals surface area contributed by atoms with Gasteiger partial charge in [-0.05, 0) is 61.0 Å². The van der Waals surface area contributed by atoms with Crippen LogP contribution in [0.25, 0.3) is 0 Å². The van der Waals surface area contributed by atoms with Crippen LogP contribution in [0.2, 0.25) is 0 Å². The standard InChI is InChI=1S/C25H21FN2O4/c1-17-9-14-21(32-17)23(24(29)27-16-18-10-12-19(26)13-11-18)28(20-6-3-2-4-7-20)25(30)22-8-5-15-31-22/h2-15,23H,16H2,1H3,(H,27,29)/t23-/m1/s1. The van der Waals surface area contributed by atoms with Gasteiger partial charge in [0.2, 0.25) is 0 Å². The summed E-state index contributed by atoms with van der Waals surface area (Å²) in [6, 6.07) is 20.1. The number of anilines is 1. The number of hydrogen-bond donors (Lipinski definition) is 1. The first kappa shape index (κ1) is 21.1. The summed E-state index contributed by atoms with van der Waals surface area (Å²) in [6.07, 6.45) is 1.40. The highest BCUT2D eigenvalue weighted by Crippen LogP contribution is 2.31. The van der Waals surface area contributed by atoms with Crippen LogP contribution < -0.4 is 10.2 Å². The minimum Gasteiger partial charge on any atom is -0.464 e. The molecule has 0 aliphatic rings. The number of carbonyl (C=O) groups is 2. The zero-order valence-corrected chi connectivity index (χ0v) is 17.3.